The van der Waals surface area contributed by atoms with E-state index < -0.39 is 96.7 Å². The summed E-state index contributed by atoms with van der Waals surface area (Å²) in [6, 6.07) is 0. The molecule has 5 aliphatic carbocycles. The molecule has 7 rings (SSSR count). The third-order valence-electron chi connectivity index (χ3n) is 17.5. The van der Waals surface area contributed by atoms with Gasteiger partial charge in [-0.05, 0) is 122 Å². The minimum absolute atomic E-state index is 0.0471. The summed E-state index contributed by atoms with van der Waals surface area (Å²) >= 11 is 0. The highest BCUT2D eigenvalue weighted by atomic mass is 16.7. The molecule has 2 saturated heterocycles. The van der Waals surface area contributed by atoms with Gasteiger partial charge in [0.25, 0.3) is 0 Å². The minimum atomic E-state index is -1.64. The summed E-state index contributed by atoms with van der Waals surface area (Å²) in [7, 11) is 0. The van der Waals surface area contributed by atoms with Crippen molar-refractivity contribution in [2.75, 3.05) is 13.2 Å². The van der Waals surface area contributed by atoms with Crippen molar-refractivity contribution in [3.8, 4) is 0 Å². The fourth-order valence-corrected chi connectivity index (χ4v) is 14.4. The molecule has 0 aromatic carbocycles. The molecule has 0 aromatic rings. The second-order valence-electron chi connectivity index (χ2n) is 21.3. The lowest BCUT2D eigenvalue weighted by molar-refractivity contribution is -0.339. The predicted octanol–water partition coefficient (Wildman–Crippen LogP) is 1.13. The summed E-state index contributed by atoms with van der Waals surface area (Å²) in [5.74, 6) is -0.661. The lowest BCUT2D eigenvalue weighted by Crippen LogP contribution is -2.65. The zero-order valence-electron chi connectivity index (χ0n) is 35.6. The third-order valence-corrected chi connectivity index (χ3v) is 17.5. The van der Waals surface area contributed by atoms with E-state index in [2.05, 4.69) is 34.6 Å². The van der Waals surface area contributed by atoms with Gasteiger partial charge in [-0.1, -0.05) is 34.6 Å². The van der Waals surface area contributed by atoms with E-state index in [4.69, 9.17) is 23.7 Å². The summed E-state index contributed by atoms with van der Waals surface area (Å²) in [6.45, 7) is 14.9. The van der Waals surface area contributed by atoms with Crippen LogP contribution in [0.4, 0.5) is 0 Å². The molecule has 0 bridgehead atoms. The van der Waals surface area contributed by atoms with E-state index in [-0.39, 0.29) is 58.5 Å². The SMILES string of the molecule is CC(=O)OC[C@H]1O[C@@H](O[C@H]2C[C@@H]3[C@]4(CC[C@]5(C)[C@@H]([C@H](C)CC[C@H](O)C(C)(C)O)[C@@H](O)C[C@@]35C)C[C@@]43CC[C@H](O[C@@H]4OC[C@@H](O)[C@H](O)[C@H]4O)C(C)(C)[C@H]23)[C@H](O)[C@@H](O)[C@@H]1O. The molecule has 15 heteroatoms. The van der Waals surface area contributed by atoms with E-state index in [9.17, 15) is 50.8 Å². The van der Waals surface area contributed by atoms with E-state index in [0.717, 1.165) is 25.7 Å². The number of hydrogen-bond donors (Lipinski definition) is 9. The maximum absolute atomic E-state index is 12.1. The molecular weight excluding hydrogens is 756 g/mol. The number of carbonyl (C=O) groups is 1. The number of fused-ring (bicyclic) bond motifs is 2. The monoisotopic (exact) mass is 828 g/mol. The Kier molecular flexibility index (Phi) is 11.9. The molecule has 5 saturated carbocycles. The van der Waals surface area contributed by atoms with Gasteiger partial charge in [0.2, 0.25) is 0 Å². The lowest BCUT2D eigenvalue weighted by atomic mass is 9.41. The van der Waals surface area contributed by atoms with Crippen LogP contribution in [0.5, 0.6) is 0 Å². The van der Waals surface area contributed by atoms with Gasteiger partial charge in [-0.2, -0.15) is 0 Å². The molecule has 7 fully saturated rings. The average Bonchev–Trinajstić information content (AvgIpc) is 3.73. The zero-order chi connectivity index (χ0) is 42.7. The fraction of sp³-hybridized carbons (Fsp3) is 0.977. The van der Waals surface area contributed by atoms with E-state index in [0.29, 0.717) is 32.1 Å². The number of esters is 1. The molecule has 0 amide bonds. The standard InChI is InChI=1S/C43H72O15/c1-20(9-10-27(47)39(5,6)53)29-22(45)16-41(8)26-15-24(56-37-34(52)32(50)31(49)25(57-37)18-54-21(2)44)35-38(3,4)28(58-36-33(51)30(48)23(46)17-55-36)11-12-43(35)19-42(26,43)14-13-40(29,41)7/h20,22-37,45-53H,9-19H2,1-8H3/t20-,22+,23-,24+,25-,26+,27+,28+,29+,30+,31-,32+,33-,34-,35+,36+,37-,40-,41+,42+,43-/m1/s1. The highest BCUT2D eigenvalue weighted by Crippen LogP contribution is 2.89. The van der Waals surface area contributed by atoms with Crippen molar-refractivity contribution in [3.05, 3.63) is 0 Å². The zero-order valence-corrected chi connectivity index (χ0v) is 35.6. The van der Waals surface area contributed by atoms with Gasteiger partial charge >= 0.3 is 5.97 Å². The highest BCUT2D eigenvalue weighted by Gasteiger charge is 2.84. The number of ether oxygens (including phenoxy) is 5. The summed E-state index contributed by atoms with van der Waals surface area (Å²) in [4.78, 5) is 11.7. The van der Waals surface area contributed by atoms with Crippen molar-refractivity contribution in [3.63, 3.8) is 0 Å². The van der Waals surface area contributed by atoms with Crippen LogP contribution < -0.4 is 0 Å². The molecule has 58 heavy (non-hydrogen) atoms. The van der Waals surface area contributed by atoms with Crippen molar-refractivity contribution in [1.29, 1.82) is 0 Å². The first-order valence-corrected chi connectivity index (χ1v) is 21.7. The second kappa shape index (κ2) is 15.3. The van der Waals surface area contributed by atoms with Crippen LogP contribution in [0.3, 0.4) is 0 Å². The topological polar surface area (TPSA) is 245 Å². The normalized spacial score (nSPS) is 52.1. The van der Waals surface area contributed by atoms with Crippen molar-refractivity contribution < 1.29 is 74.4 Å². The van der Waals surface area contributed by atoms with Gasteiger partial charge in [-0.3, -0.25) is 4.79 Å². The van der Waals surface area contributed by atoms with Gasteiger partial charge in [0.1, 0.15) is 49.3 Å². The smallest absolute Gasteiger partial charge is 0.302 e. The Bertz CT molecular complexity index is 1510. The summed E-state index contributed by atoms with van der Waals surface area (Å²) < 4.78 is 30.5. The largest absolute Gasteiger partial charge is 0.463 e. The molecule has 9 N–H and O–H groups in total. The maximum Gasteiger partial charge on any atom is 0.302 e. The Morgan fingerprint density at radius 3 is 2.16 bits per heavy atom. The molecule has 15 nitrogen and oxygen atoms in total. The van der Waals surface area contributed by atoms with Gasteiger partial charge in [-0.25, -0.2) is 0 Å². The number of carbonyl (C=O) groups excluding carboxylic acids is 1. The van der Waals surface area contributed by atoms with Crippen molar-refractivity contribution >= 4 is 5.97 Å². The second-order valence-corrected chi connectivity index (χ2v) is 21.3. The van der Waals surface area contributed by atoms with E-state index in [1.165, 1.54) is 6.92 Å². The molecule has 0 aromatic heterocycles. The molecule has 2 spiro atoms. The first kappa shape index (κ1) is 45.0. The Morgan fingerprint density at radius 1 is 0.828 bits per heavy atom. The summed E-state index contributed by atoms with van der Waals surface area (Å²) in [6.07, 6.45) is -8.75. The molecule has 0 unspecified atom stereocenters. The van der Waals surface area contributed by atoms with Gasteiger partial charge in [0, 0.05) is 6.92 Å². The molecule has 7 aliphatic rings. The van der Waals surface area contributed by atoms with Crippen molar-refractivity contribution in [1.82, 2.24) is 0 Å². The number of rotatable bonds is 11. The Labute approximate surface area is 342 Å². The molecule has 21 atom stereocenters. The van der Waals surface area contributed by atoms with Gasteiger partial charge in [0.05, 0.1) is 36.6 Å². The predicted molar refractivity (Wildman–Crippen MR) is 205 cm³/mol. The van der Waals surface area contributed by atoms with Crippen LogP contribution in [0, 0.1) is 50.7 Å². The fourth-order valence-electron chi connectivity index (χ4n) is 14.4. The average molecular weight is 829 g/mol. The Morgan fingerprint density at radius 2 is 1.50 bits per heavy atom. The molecule has 2 aliphatic heterocycles. The third kappa shape index (κ3) is 6.93. The van der Waals surface area contributed by atoms with Crippen LogP contribution >= 0.6 is 0 Å². The Balaban J connectivity index is 1.22. The number of hydrogen-bond acceptors (Lipinski definition) is 15. The molecule has 2 heterocycles. The van der Waals surface area contributed by atoms with Crippen LogP contribution in [0.25, 0.3) is 0 Å². The quantitative estimate of drug-likeness (QED) is 0.105. The molecule has 0 radical (unpaired) electrons. The maximum atomic E-state index is 12.1. The van der Waals surface area contributed by atoms with E-state index in [1.54, 1.807) is 13.8 Å². The molecular formula is C43H72O15. The van der Waals surface area contributed by atoms with Gasteiger partial charge in [-0.15, -0.1) is 0 Å². The van der Waals surface area contributed by atoms with Gasteiger partial charge < -0.3 is 69.6 Å². The Hall–Kier alpha value is -1.05. The number of aliphatic hydroxyl groups excluding tert-OH is 8. The van der Waals surface area contributed by atoms with E-state index in [1.807, 2.05) is 0 Å². The molecule has 334 valence electrons. The van der Waals surface area contributed by atoms with Crippen LogP contribution in [-0.4, -0.2) is 150 Å². The summed E-state index contributed by atoms with van der Waals surface area (Å²) in [5, 5.41) is 97.9. The van der Waals surface area contributed by atoms with Crippen LogP contribution in [-0.2, 0) is 28.5 Å². The minimum Gasteiger partial charge on any atom is -0.463 e. The van der Waals surface area contributed by atoms with Crippen molar-refractivity contribution in [2.45, 2.75) is 199 Å². The highest BCUT2D eigenvalue weighted by molar-refractivity contribution is 5.65. The van der Waals surface area contributed by atoms with Crippen LogP contribution in [0.15, 0.2) is 0 Å². The van der Waals surface area contributed by atoms with E-state index >= 15 is 0 Å². The lowest BCUT2D eigenvalue weighted by Gasteiger charge is -2.65. The number of aliphatic hydroxyl groups is 9. The summed E-state index contributed by atoms with van der Waals surface area (Å²) in [5.41, 5.74) is -2.77. The van der Waals surface area contributed by atoms with Crippen LogP contribution in [0.1, 0.15) is 113 Å². The van der Waals surface area contributed by atoms with Crippen LogP contribution in [0.2, 0.25) is 0 Å². The first-order valence-electron chi connectivity index (χ1n) is 21.7. The van der Waals surface area contributed by atoms with Gasteiger partial charge in [0.15, 0.2) is 12.6 Å². The first-order chi connectivity index (χ1) is 26.9. The van der Waals surface area contributed by atoms with Crippen molar-refractivity contribution in [2.24, 2.45) is 50.7 Å².